The van der Waals surface area contributed by atoms with Gasteiger partial charge in [0.1, 0.15) is 5.45 Å². The maximum atomic E-state index is 10.6. The fraction of sp³-hybridized carbons (Fsp3) is 0.667. The number of ketones is 1. The fourth-order valence-corrected chi connectivity index (χ4v) is 1.66. The predicted octanol–water partition coefficient (Wildman–Crippen LogP) is 1.62. The second kappa shape index (κ2) is 4.53. The minimum atomic E-state index is -0.923. The Morgan fingerprint density at radius 1 is 1.70 bits per heavy atom. The summed E-state index contributed by atoms with van der Waals surface area (Å²) in [6.07, 6.45) is 0.740. The average molecular weight is 161 g/mol. The minimum Gasteiger partial charge on any atom is -0.356 e. The van der Waals surface area contributed by atoms with Crippen molar-refractivity contribution in [1.82, 2.24) is 0 Å². The standard InChI is InChI=1S/C6H12NO2P/c1-4-10(9-3)6(7)5(2)8/h7H,4H2,1-3H3. The van der Waals surface area contributed by atoms with Crippen molar-refractivity contribution in [3.05, 3.63) is 0 Å². The summed E-state index contributed by atoms with van der Waals surface area (Å²) < 4.78 is 4.94. The van der Waals surface area contributed by atoms with Crippen molar-refractivity contribution in [2.75, 3.05) is 13.3 Å². The SMILES string of the molecule is CCP(OC)C(=N)C(C)=O. The van der Waals surface area contributed by atoms with E-state index in [1.807, 2.05) is 6.92 Å². The number of carbonyl (C=O) groups is 1. The van der Waals surface area contributed by atoms with Crippen molar-refractivity contribution in [2.45, 2.75) is 13.8 Å². The first-order chi connectivity index (χ1) is 4.63. The van der Waals surface area contributed by atoms with Crippen LogP contribution in [0.5, 0.6) is 0 Å². The Morgan fingerprint density at radius 3 is 2.30 bits per heavy atom. The summed E-state index contributed by atoms with van der Waals surface area (Å²) in [5, 5.41) is 7.25. The molecular formula is C6H12NO2P. The lowest BCUT2D eigenvalue weighted by atomic mass is 10.5. The Hall–Kier alpha value is -0.270. The van der Waals surface area contributed by atoms with Crippen LogP contribution in [0.15, 0.2) is 0 Å². The smallest absolute Gasteiger partial charge is 0.180 e. The molecule has 0 heterocycles. The third-order valence-corrected chi connectivity index (χ3v) is 2.92. The van der Waals surface area contributed by atoms with Crippen LogP contribution in [0, 0.1) is 5.41 Å². The Balaban J connectivity index is 4.02. The number of rotatable bonds is 4. The van der Waals surface area contributed by atoms with Crippen molar-refractivity contribution < 1.29 is 9.32 Å². The molecule has 0 aromatic rings. The van der Waals surface area contributed by atoms with E-state index in [1.165, 1.54) is 14.0 Å². The number of carbonyl (C=O) groups excluding carboxylic acids is 1. The molecule has 0 saturated heterocycles. The van der Waals surface area contributed by atoms with Crippen molar-refractivity contribution in [3.63, 3.8) is 0 Å². The van der Waals surface area contributed by atoms with Gasteiger partial charge in [-0.3, -0.25) is 10.2 Å². The van der Waals surface area contributed by atoms with Crippen molar-refractivity contribution in [3.8, 4) is 0 Å². The molecule has 0 amide bonds. The van der Waals surface area contributed by atoms with E-state index in [-0.39, 0.29) is 11.2 Å². The van der Waals surface area contributed by atoms with Crippen LogP contribution in [0.3, 0.4) is 0 Å². The molecule has 0 aromatic carbocycles. The van der Waals surface area contributed by atoms with Crippen LogP contribution in [0.25, 0.3) is 0 Å². The van der Waals surface area contributed by atoms with Crippen LogP contribution in [-0.2, 0) is 9.32 Å². The Bertz CT molecular complexity index is 143. The molecule has 0 saturated carbocycles. The van der Waals surface area contributed by atoms with Gasteiger partial charge in [-0.05, 0) is 6.16 Å². The summed E-state index contributed by atoms with van der Waals surface area (Å²) in [7, 11) is 0.611. The molecule has 0 spiro atoms. The van der Waals surface area contributed by atoms with Gasteiger partial charge in [0.05, 0.1) is 8.15 Å². The predicted molar refractivity (Wildman–Crippen MR) is 42.9 cm³/mol. The number of Topliss-reactive ketones (excluding diaryl/α,β-unsaturated/α-hetero) is 1. The maximum absolute atomic E-state index is 10.6. The highest BCUT2D eigenvalue weighted by Gasteiger charge is 2.14. The van der Waals surface area contributed by atoms with Crippen molar-refractivity contribution >= 4 is 19.4 Å². The number of hydrogen-bond acceptors (Lipinski definition) is 3. The van der Waals surface area contributed by atoms with E-state index >= 15 is 0 Å². The molecule has 0 bridgehead atoms. The lowest BCUT2D eigenvalue weighted by Crippen LogP contribution is -2.07. The van der Waals surface area contributed by atoms with E-state index in [9.17, 15) is 4.79 Å². The summed E-state index contributed by atoms with van der Waals surface area (Å²) in [5.41, 5.74) is 0.125. The van der Waals surface area contributed by atoms with Gasteiger partial charge in [-0.15, -0.1) is 0 Å². The van der Waals surface area contributed by atoms with Crippen LogP contribution in [0.2, 0.25) is 0 Å². The van der Waals surface area contributed by atoms with Crippen LogP contribution in [0.1, 0.15) is 13.8 Å². The van der Waals surface area contributed by atoms with E-state index in [4.69, 9.17) is 9.93 Å². The Labute approximate surface area is 62.1 Å². The van der Waals surface area contributed by atoms with Crippen LogP contribution in [0.4, 0.5) is 0 Å². The maximum Gasteiger partial charge on any atom is 0.180 e. The van der Waals surface area contributed by atoms with Gasteiger partial charge in [0, 0.05) is 14.0 Å². The van der Waals surface area contributed by atoms with Gasteiger partial charge in [-0.1, -0.05) is 6.92 Å². The van der Waals surface area contributed by atoms with Crippen LogP contribution < -0.4 is 0 Å². The highest BCUT2D eigenvalue weighted by Crippen LogP contribution is 2.36. The van der Waals surface area contributed by atoms with Gasteiger partial charge in [0.25, 0.3) is 0 Å². The van der Waals surface area contributed by atoms with Gasteiger partial charge in [-0.2, -0.15) is 0 Å². The molecular weight excluding hydrogens is 149 g/mol. The fourth-order valence-electron chi connectivity index (χ4n) is 0.554. The molecule has 1 atom stereocenters. The molecule has 4 heteroatoms. The summed E-state index contributed by atoms with van der Waals surface area (Å²) in [6, 6.07) is 0. The molecule has 0 rings (SSSR count). The van der Waals surface area contributed by atoms with Gasteiger partial charge in [-0.25, -0.2) is 0 Å². The van der Waals surface area contributed by atoms with Crippen molar-refractivity contribution in [1.29, 1.82) is 5.41 Å². The Kier molecular flexibility index (Phi) is 4.41. The van der Waals surface area contributed by atoms with Gasteiger partial charge in [0.15, 0.2) is 5.78 Å². The van der Waals surface area contributed by atoms with Crippen LogP contribution >= 0.6 is 8.15 Å². The lowest BCUT2D eigenvalue weighted by molar-refractivity contribution is -0.110. The molecule has 58 valence electrons. The molecule has 0 aromatic heterocycles. The van der Waals surface area contributed by atoms with Crippen molar-refractivity contribution in [2.24, 2.45) is 0 Å². The molecule has 0 aliphatic carbocycles. The highest BCUT2D eigenvalue weighted by atomic mass is 31.1. The van der Waals surface area contributed by atoms with Gasteiger partial charge in [0.2, 0.25) is 0 Å². The number of nitrogens with one attached hydrogen (secondary N) is 1. The minimum absolute atomic E-state index is 0.125. The molecule has 0 aliphatic heterocycles. The van der Waals surface area contributed by atoms with Gasteiger partial charge < -0.3 is 4.52 Å². The van der Waals surface area contributed by atoms with E-state index in [1.54, 1.807) is 0 Å². The second-order valence-electron chi connectivity index (χ2n) is 1.78. The highest BCUT2D eigenvalue weighted by molar-refractivity contribution is 7.73. The molecule has 1 unspecified atom stereocenters. The van der Waals surface area contributed by atoms with E-state index < -0.39 is 8.15 Å². The monoisotopic (exact) mass is 161 g/mol. The van der Waals surface area contributed by atoms with Gasteiger partial charge >= 0.3 is 0 Å². The molecule has 1 N–H and O–H groups in total. The topological polar surface area (TPSA) is 50.1 Å². The normalized spacial score (nSPS) is 12.7. The molecule has 10 heavy (non-hydrogen) atoms. The third-order valence-electron chi connectivity index (χ3n) is 1.09. The summed E-state index contributed by atoms with van der Waals surface area (Å²) in [5.74, 6) is -0.185. The first-order valence-electron chi connectivity index (χ1n) is 3.04. The average Bonchev–Trinajstić information content (AvgIpc) is 1.90. The molecule has 0 aliphatic rings. The third kappa shape index (κ3) is 2.54. The Morgan fingerprint density at radius 2 is 2.20 bits per heavy atom. The molecule has 3 nitrogen and oxygen atoms in total. The van der Waals surface area contributed by atoms with Crippen LogP contribution in [-0.4, -0.2) is 24.5 Å². The zero-order valence-electron chi connectivity index (χ0n) is 6.47. The summed E-state index contributed by atoms with van der Waals surface area (Å²) in [4.78, 5) is 10.6. The van der Waals surface area contributed by atoms with E-state index in [2.05, 4.69) is 0 Å². The van der Waals surface area contributed by atoms with E-state index in [0.717, 1.165) is 6.16 Å². The summed E-state index contributed by atoms with van der Waals surface area (Å²) >= 11 is 0. The lowest BCUT2D eigenvalue weighted by Gasteiger charge is -2.10. The molecule has 0 radical (unpaired) electrons. The first kappa shape index (κ1) is 9.73. The quantitative estimate of drug-likeness (QED) is 0.503. The molecule has 0 fully saturated rings. The zero-order valence-corrected chi connectivity index (χ0v) is 7.37. The first-order valence-corrected chi connectivity index (χ1v) is 4.49. The number of hydrogen-bond donors (Lipinski definition) is 1. The second-order valence-corrected chi connectivity index (χ2v) is 3.98. The largest absolute Gasteiger partial charge is 0.356 e. The summed E-state index contributed by atoms with van der Waals surface area (Å²) in [6.45, 7) is 3.30. The van der Waals surface area contributed by atoms with E-state index in [0.29, 0.717) is 0 Å². The zero-order chi connectivity index (χ0) is 8.15.